The maximum Gasteiger partial charge on any atom is 0.244 e. The maximum absolute atomic E-state index is 13.1. The van der Waals surface area contributed by atoms with Gasteiger partial charge >= 0.3 is 0 Å². The van der Waals surface area contributed by atoms with Crippen molar-refractivity contribution < 1.29 is 17.5 Å². The van der Waals surface area contributed by atoms with Crippen LogP contribution in [0.25, 0.3) is 0 Å². The molecule has 1 aliphatic heterocycles. The quantitative estimate of drug-likeness (QED) is 0.773. The fourth-order valence-electron chi connectivity index (χ4n) is 2.13. The standard InChI is InChI=1S/C12H16ClFN2O3S/c13-3-6-19-11-1-4-16(5-2-11)20(17,18)12-7-10(14)8-15-9-12/h7-9,11H,1-6H2. The lowest BCUT2D eigenvalue weighted by molar-refractivity contribution is 0.0301. The second-order valence-electron chi connectivity index (χ2n) is 4.50. The van der Waals surface area contributed by atoms with Gasteiger partial charge in [-0.05, 0) is 18.9 Å². The molecule has 0 saturated carbocycles. The molecule has 0 aromatic carbocycles. The summed E-state index contributed by atoms with van der Waals surface area (Å²) in [6, 6.07) is 0.985. The van der Waals surface area contributed by atoms with E-state index in [1.165, 1.54) is 4.31 Å². The first-order valence-corrected chi connectivity index (χ1v) is 8.30. The minimum Gasteiger partial charge on any atom is -0.377 e. The summed E-state index contributed by atoms with van der Waals surface area (Å²) in [7, 11) is -3.68. The maximum atomic E-state index is 13.1. The molecule has 0 unspecified atom stereocenters. The molecule has 1 fully saturated rings. The minimum absolute atomic E-state index is 0.0332. The molecule has 1 saturated heterocycles. The molecule has 2 rings (SSSR count). The summed E-state index contributed by atoms with van der Waals surface area (Å²) in [4.78, 5) is 3.47. The SMILES string of the molecule is O=S(=O)(c1cncc(F)c1)N1CCC(OCCCl)CC1. The Morgan fingerprint density at radius 2 is 2.10 bits per heavy atom. The van der Waals surface area contributed by atoms with Crippen LogP contribution in [0.2, 0.25) is 0 Å². The summed E-state index contributed by atoms with van der Waals surface area (Å²) >= 11 is 5.54. The molecule has 0 bridgehead atoms. The van der Waals surface area contributed by atoms with Crippen molar-refractivity contribution in [1.82, 2.24) is 9.29 Å². The van der Waals surface area contributed by atoms with Crippen LogP contribution in [0, 0.1) is 5.82 Å². The van der Waals surface area contributed by atoms with E-state index in [2.05, 4.69) is 4.98 Å². The van der Waals surface area contributed by atoms with Gasteiger partial charge in [-0.25, -0.2) is 12.8 Å². The molecular weight excluding hydrogens is 307 g/mol. The van der Waals surface area contributed by atoms with E-state index < -0.39 is 15.8 Å². The Kier molecular flexibility index (Phi) is 5.31. The predicted molar refractivity (Wildman–Crippen MR) is 72.6 cm³/mol. The molecule has 8 heteroatoms. The van der Waals surface area contributed by atoms with Crippen LogP contribution in [0.3, 0.4) is 0 Å². The van der Waals surface area contributed by atoms with E-state index in [0.29, 0.717) is 38.4 Å². The molecule has 0 radical (unpaired) electrons. The number of nitrogens with zero attached hydrogens (tertiary/aromatic N) is 2. The molecule has 0 amide bonds. The Balaban J connectivity index is 2.02. The van der Waals surface area contributed by atoms with E-state index in [0.717, 1.165) is 18.5 Å². The van der Waals surface area contributed by atoms with E-state index in [1.807, 2.05) is 0 Å². The van der Waals surface area contributed by atoms with Gasteiger partial charge in [-0.15, -0.1) is 11.6 Å². The molecule has 20 heavy (non-hydrogen) atoms. The number of aromatic nitrogens is 1. The number of halogens is 2. The van der Waals surface area contributed by atoms with Crippen molar-refractivity contribution in [3.05, 3.63) is 24.3 Å². The van der Waals surface area contributed by atoms with Gasteiger partial charge in [0.15, 0.2) is 0 Å². The number of piperidine rings is 1. The van der Waals surface area contributed by atoms with Crippen LogP contribution < -0.4 is 0 Å². The highest BCUT2D eigenvalue weighted by atomic mass is 35.5. The van der Waals surface area contributed by atoms with Crippen molar-refractivity contribution in [2.45, 2.75) is 23.8 Å². The lowest BCUT2D eigenvalue weighted by Crippen LogP contribution is -2.41. The van der Waals surface area contributed by atoms with Gasteiger partial charge in [-0.2, -0.15) is 4.31 Å². The second kappa shape index (κ2) is 6.80. The van der Waals surface area contributed by atoms with E-state index in [-0.39, 0.29) is 11.0 Å². The molecule has 1 aromatic heterocycles. The zero-order chi connectivity index (χ0) is 14.6. The van der Waals surface area contributed by atoms with Gasteiger partial charge in [-0.3, -0.25) is 4.98 Å². The zero-order valence-electron chi connectivity index (χ0n) is 10.8. The van der Waals surface area contributed by atoms with Gasteiger partial charge in [0.2, 0.25) is 10.0 Å². The number of rotatable bonds is 5. The average molecular weight is 323 g/mol. The number of sulfonamides is 1. The third kappa shape index (κ3) is 3.66. The van der Waals surface area contributed by atoms with Gasteiger partial charge in [0.05, 0.1) is 18.9 Å². The summed E-state index contributed by atoms with van der Waals surface area (Å²) in [5.41, 5.74) is 0. The van der Waals surface area contributed by atoms with Crippen LogP contribution in [0.5, 0.6) is 0 Å². The van der Waals surface area contributed by atoms with Gasteiger partial charge in [0.1, 0.15) is 10.7 Å². The van der Waals surface area contributed by atoms with Crippen LogP contribution in [-0.2, 0) is 14.8 Å². The highest BCUT2D eigenvalue weighted by Gasteiger charge is 2.30. The molecule has 0 N–H and O–H groups in total. The fraction of sp³-hybridized carbons (Fsp3) is 0.583. The summed E-state index contributed by atoms with van der Waals surface area (Å²) in [6.45, 7) is 1.17. The third-order valence-electron chi connectivity index (χ3n) is 3.15. The van der Waals surface area contributed by atoms with Gasteiger partial charge in [-0.1, -0.05) is 0 Å². The van der Waals surface area contributed by atoms with Crippen molar-refractivity contribution in [3.63, 3.8) is 0 Å². The average Bonchev–Trinajstić information content (AvgIpc) is 2.45. The van der Waals surface area contributed by atoms with Gasteiger partial charge in [0.25, 0.3) is 0 Å². The summed E-state index contributed by atoms with van der Waals surface area (Å²) in [5, 5.41) is 0. The highest BCUT2D eigenvalue weighted by molar-refractivity contribution is 7.89. The van der Waals surface area contributed by atoms with Crippen molar-refractivity contribution >= 4 is 21.6 Å². The smallest absolute Gasteiger partial charge is 0.244 e. The van der Waals surface area contributed by atoms with Crippen molar-refractivity contribution in [3.8, 4) is 0 Å². The lowest BCUT2D eigenvalue weighted by Gasteiger charge is -2.30. The molecule has 5 nitrogen and oxygen atoms in total. The normalized spacial score (nSPS) is 18.3. The van der Waals surface area contributed by atoms with E-state index in [1.54, 1.807) is 0 Å². The Bertz CT molecular complexity index is 547. The third-order valence-corrected chi connectivity index (χ3v) is 5.17. The fourth-order valence-corrected chi connectivity index (χ4v) is 3.67. The largest absolute Gasteiger partial charge is 0.377 e. The number of hydrogen-bond acceptors (Lipinski definition) is 4. The van der Waals surface area contributed by atoms with Crippen molar-refractivity contribution in [1.29, 1.82) is 0 Å². The van der Waals surface area contributed by atoms with Crippen LogP contribution in [0.4, 0.5) is 4.39 Å². The first-order valence-electron chi connectivity index (χ1n) is 6.32. The Morgan fingerprint density at radius 3 is 2.70 bits per heavy atom. The Hall–Kier alpha value is -0.760. The molecule has 0 aliphatic carbocycles. The first kappa shape index (κ1) is 15.6. The number of ether oxygens (including phenoxy) is 1. The van der Waals surface area contributed by atoms with Crippen LogP contribution in [0.15, 0.2) is 23.4 Å². The number of pyridine rings is 1. The van der Waals surface area contributed by atoms with Gasteiger partial charge < -0.3 is 4.74 Å². The van der Waals surface area contributed by atoms with Crippen molar-refractivity contribution in [2.75, 3.05) is 25.6 Å². The zero-order valence-corrected chi connectivity index (χ0v) is 12.4. The number of hydrogen-bond donors (Lipinski definition) is 0. The Morgan fingerprint density at radius 1 is 1.40 bits per heavy atom. The van der Waals surface area contributed by atoms with Gasteiger partial charge in [0, 0.05) is 25.2 Å². The molecule has 1 aliphatic rings. The predicted octanol–water partition coefficient (Wildman–Crippen LogP) is 1.63. The monoisotopic (exact) mass is 322 g/mol. The van der Waals surface area contributed by atoms with E-state index in [9.17, 15) is 12.8 Å². The van der Waals surface area contributed by atoms with E-state index in [4.69, 9.17) is 16.3 Å². The molecule has 112 valence electrons. The summed E-state index contributed by atoms with van der Waals surface area (Å²) < 4.78 is 44.6. The molecule has 2 heterocycles. The topological polar surface area (TPSA) is 59.5 Å². The van der Waals surface area contributed by atoms with E-state index >= 15 is 0 Å². The second-order valence-corrected chi connectivity index (χ2v) is 6.82. The summed E-state index contributed by atoms with van der Waals surface area (Å²) in [5.74, 6) is -0.237. The highest BCUT2D eigenvalue weighted by Crippen LogP contribution is 2.22. The first-order chi connectivity index (χ1) is 9.54. The summed E-state index contributed by atoms with van der Waals surface area (Å²) in [6.07, 6.45) is 3.39. The molecular formula is C12H16ClFN2O3S. The van der Waals surface area contributed by atoms with Crippen molar-refractivity contribution in [2.24, 2.45) is 0 Å². The molecule has 0 spiro atoms. The lowest BCUT2D eigenvalue weighted by atomic mass is 10.1. The van der Waals surface area contributed by atoms with Crippen LogP contribution in [-0.4, -0.2) is 49.4 Å². The van der Waals surface area contributed by atoms with Crippen LogP contribution in [0.1, 0.15) is 12.8 Å². The van der Waals surface area contributed by atoms with Crippen LogP contribution >= 0.6 is 11.6 Å². The minimum atomic E-state index is -3.68. The number of alkyl halides is 1. The molecule has 1 aromatic rings. The Labute approximate surface area is 122 Å². The molecule has 0 atom stereocenters.